The lowest BCUT2D eigenvalue weighted by Gasteiger charge is -1.85. The molecule has 0 radical (unpaired) electrons. The first-order valence-corrected chi connectivity index (χ1v) is 5.65. The van der Waals surface area contributed by atoms with Gasteiger partial charge in [0.25, 0.3) is 0 Å². The maximum Gasteiger partial charge on any atom is 0.304 e. The van der Waals surface area contributed by atoms with Crippen LogP contribution in [0.5, 0.6) is 0 Å². The first-order chi connectivity index (χ1) is 6.07. The van der Waals surface area contributed by atoms with Gasteiger partial charge in [0.05, 0.1) is 0 Å². The molecule has 4 nitrogen and oxygen atoms in total. The summed E-state index contributed by atoms with van der Waals surface area (Å²) in [4.78, 5) is 4.56. The van der Waals surface area contributed by atoms with E-state index in [4.69, 9.17) is 4.55 Å². The van der Waals surface area contributed by atoms with Gasteiger partial charge in [0.1, 0.15) is 9.04 Å². The minimum absolute atomic E-state index is 0.0683. The van der Waals surface area contributed by atoms with Crippen molar-refractivity contribution in [2.45, 2.75) is 4.21 Å². The molecule has 0 aliphatic carbocycles. The van der Waals surface area contributed by atoms with Crippen LogP contribution in [0.4, 0.5) is 0 Å². The fraction of sp³-hybridized carbons (Fsp3) is 0. The molecule has 0 aliphatic rings. The molecular weight excluding hydrogens is 210 g/mol. The van der Waals surface area contributed by atoms with Crippen molar-refractivity contribution in [3.05, 3.63) is 24.4 Å². The molecule has 2 rings (SSSR count). The van der Waals surface area contributed by atoms with Crippen molar-refractivity contribution in [1.82, 2.24) is 4.98 Å². The zero-order valence-corrected chi connectivity index (χ0v) is 7.97. The van der Waals surface area contributed by atoms with E-state index in [1.807, 2.05) is 0 Å². The molecule has 1 N–H and O–H groups in total. The molecule has 6 heteroatoms. The second kappa shape index (κ2) is 2.76. The molecule has 0 saturated heterocycles. The quantitative estimate of drug-likeness (QED) is 0.733. The van der Waals surface area contributed by atoms with E-state index in [9.17, 15) is 8.42 Å². The average Bonchev–Trinajstić information content (AvgIpc) is 2.45. The Hall–Kier alpha value is -0.980. The molecule has 0 spiro atoms. The topological polar surface area (TPSA) is 67.3 Å². The van der Waals surface area contributed by atoms with Gasteiger partial charge < -0.3 is 0 Å². The SMILES string of the molecule is O=S(=O)(O)c1cc2cccnc2s1. The van der Waals surface area contributed by atoms with Crippen LogP contribution in [0.2, 0.25) is 0 Å². The van der Waals surface area contributed by atoms with Crippen molar-refractivity contribution in [3.63, 3.8) is 0 Å². The van der Waals surface area contributed by atoms with Crippen LogP contribution in [0.3, 0.4) is 0 Å². The Balaban J connectivity index is 2.77. The van der Waals surface area contributed by atoms with E-state index in [-0.39, 0.29) is 4.21 Å². The van der Waals surface area contributed by atoms with E-state index in [0.29, 0.717) is 4.83 Å². The zero-order chi connectivity index (χ0) is 9.47. The molecule has 2 aromatic heterocycles. The van der Waals surface area contributed by atoms with Crippen molar-refractivity contribution < 1.29 is 13.0 Å². The predicted octanol–water partition coefficient (Wildman–Crippen LogP) is 1.54. The van der Waals surface area contributed by atoms with E-state index in [1.165, 1.54) is 6.07 Å². The molecule has 2 heterocycles. The smallest absolute Gasteiger partial charge is 0.281 e. The maximum absolute atomic E-state index is 10.7. The highest BCUT2D eigenvalue weighted by Gasteiger charge is 2.13. The van der Waals surface area contributed by atoms with Crippen LogP contribution in [0.15, 0.2) is 28.6 Å². The number of rotatable bonds is 1. The Morgan fingerprint density at radius 3 is 2.85 bits per heavy atom. The largest absolute Gasteiger partial charge is 0.304 e. The van der Waals surface area contributed by atoms with Crippen LogP contribution >= 0.6 is 11.3 Å². The normalized spacial score (nSPS) is 12.1. The fourth-order valence-electron chi connectivity index (χ4n) is 0.977. The van der Waals surface area contributed by atoms with Crippen molar-refractivity contribution in [2.24, 2.45) is 0 Å². The monoisotopic (exact) mass is 215 g/mol. The molecule has 0 atom stereocenters. The maximum atomic E-state index is 10.7. The second-order valence-corrected chi connectivity index (χ2v) is 5.12. The first kappa shape index (κ1) is 8.61. The van der Waals surface area contributed by atoms with Gasteiger partial charge in [0, 0.05) is 11.6 Å². The Labute approximate surface area is 78.6 Å². The van der Waals surface area contributed by atoms with Crippen molar-refractivity contribution in [2.75, 3.05) is 0 Å². The summed E-state index contributed by atoms with van der Waals surface area (Å²) in [5, 5.41) is 0.722. The lowest BCUT2D eigenvalue weighted by Crippen LogP contribution is -1.92. The van der Waals surface area contributed by atoms with E-state index in [1.54, 1.807) is 18.3 Å². The zero-order valence-electron chi connectivity index (χ0n) is 6.34. The summed E-state index contributed by atoms with van der Waals surface area (Å²) < 4.78 is 30.2. The third-order valence-corrected chi connectivity index (χ3v) is 3.89. The van der Waals surface area contributed by atoms with Gasteiger partial charge >= 0.3 is 10.1 Å². The van der Waals surface area contributed by atoms with Crippen molar-refractivity contribution in [1.29, 1.82) is 0 Å². The van der Waals surface area contributed by atoms with Gasteiger partial charge in [0.15, 0.2) is 0 Å². The average molecular weight is 215 g/mol. The van der Waals surface area contributed by atoms with Crippen molar-refractivity contribution in [3.8, 4) is 0 Å². The summed E-state index contributed by atoms with van der Waals surface area (Å²) in [5.74, 6) is 0. The first-order valence-electron chi connectivity index (χ1n) is 3.39. The van der Waals surface area contributed by atoms with Crippen LogP contribution < -0.4 is 0 Å². The molecule has 0 bridgehead atoms. The van der Waals surface area contributed by atoms with E-state index in [2.05, 4.69) is 4.98 Å². The summed E-state index contributed by atoms with van der Waals surface area (Å²) in [6.45, 7) is 0. The summed E-state index contributed by atoms with van der Waals surface area (Å²) in [5.41, 5.74) is 0. The van der Waals surface area contributed by atoms with Gasteiger partial charge in [-0.05, 0) is 12.1 Å². The minimum Gasteiger partial charge on any atom is -0.281 e. The summed E-state index contributed by atoms with van der Waals surface area (Å²) in [6, 6.07) is 4.86. The van der Waals surface area contributed by atoms with Gasteiger partial charge in [-0.2, -0.15) is 8.42 Å². The lowest BCUT2D eigenvalue weighted by atomic mass is 10.4. The molecular formula is C7H5NO3S2. The number of hydrogen-bond donors (Lipinski definition) is 1. The highest BCUT2D eigenvalue weighted by atomic mass is 32.3. The third kappa shape index (κ3) is 1.55. The van der Waals surface area contributed by atoms with Gasteiger partial charge in [0.2, 0.25) is 0 Å². The lowest BCUT2D eigenvalue weighted by molar-refractivity contribution is 0.485. The van der Waals surface area contributed by atoms with E-state index in [0.717, 1.165) is 16.7 Å². The highest BCUT2D eigenvalue weighted by molar-refractivity contribution is 7.88. The number of pyridine rings is 1. The molecule has 0 unspecified atom stereocenters. The highest BCUT2D eigenvalue weighted by Crippen LogP contribution is 2.26. The Bertz CT molecular complexity index is 511. The molecule has 0 amide bonds. The molecule has 2 aromatic rings. The van der Waals surface area contributed by atoms with E-state index >= 15 is 0 Å². The van der Waals surface area contributed by atoms with Gasteiger partial charge in [-0.15, -0.1) is 11.3 Å². The Kier molecular flexibility index (Phi) is 1.83. The number of aromatic nitrogens is 1. The number of fused-ring (bicyclic) bond motifs is 1. The van der Waals surface area contributed by atoms with Crippen molar-refractivity contribution >= 4 is 31.7 Å². The molecule has 0 aromatic carbocycles. The summed E-state index contributed by atoms with van der Waals surface area (Å²) in [7, 11) is -4.09. The van der Waals surface area contributed by atoms with Crippen LogP contribution in [-0.4, -0.2) is 18.0 Å². The number of hydrogen-bond acceptors (Lipinski definition) is 4. The molecule has 13 heavy (non-hydrogen) atoms. The number of thiophene rings is 1. The minimum atomic E-state index is -4.09. The Morgan fingerprint density at radius 2 is 2.23 bits per heavy atom. The predicted molar refractivity (Wildman–Crippen MR) is 49.4 cm³/mol. The van der Waals surface area contributed by atoms with E-state index < -0.39 is 10.1 Å². The fourth-order valence-corrected chi connectivity index (χ4v) is 2.65. The molecule has 0 aliphatic heterocycles. The van der Waals surface area contributed by atoms with Crippen LogP contribution in [-0.2, 0) is 10.1 Å². The third-order valence-electron chi connectivity index (χ3n) is 1.53. The standard InChI is InChI=1S/C7H5NO3S2/c9-13(10,11)6-4-5-2-1-3-8-7(5)12-6/h1-4H,(H,9,10,11). The summed E-state index contributed by atoms with van der Waals surface area (Å²) >= 11 is 0.955. The summed E-state index contributed by atoms with van der Waals surface area (Å²) in [6.07, 6.45) is 1.58. The Morgan fingerprint density at radius 1 is 1.46 bits per heavy atom. The molecule has 0 fully saturated rings. The second-order valence-electron chi connectivity index (χ2n) is 2.44. The molecule has 0 saturated carbocycles. The molecule has 68 valence electrons. The van der Waals surface area contributed by atoms with Gasteiger partial charge in [-0.1, -0.05) is 6.07 Å². The van der Waals surface area contributed by atoms with Gasteiger partial charge in [-0.3, -0.25) is 4.55 Å². The van der Waals surface area contributed by atoms with Crippen LogP contribution in [0.1, 0.15) is 0 Å². The van der Waals surface area contributed by atoms with Crippen LogP contribution in [0.25, 0.3) is 10.2 Å². The number of nitrogens with zero attached hydrogens (tertiary/aromatic N) is 1. The van der Waals surface area contributed by atoms with Gasteiger partial charge in [-0.25, -0.2) is 4.98 Å². The van der Waals surface area contributed by atoms with Crippen LogP contribution in [0, 0.1) is 0 Å².